The molecule has 1 heterocycles. The predicted octanol–water partition coefficient (Wildman–Crippen LogP) is 3.66. The van der Waals surface area contributed by atoms with Crippen LogP contribution in [0.15, 0.2) is 79.0 Å². The number of nitrogens with one attached hydrogen (secondary N) is 3. The van der Waals surface area contributed by atoms with E-state index < -0.39 is 0 Å². The van der Waals surface area contributed by atoms with Crippen LogP contribution in [0.2, 0.25) is 0 Å². The topological polar surface area (TPSA) is 86.4 Å². The second-order valence-corrected chi connectivity index (χ2v) is 7.22. The van der Waals surface area contributed by atoms with Crippen molar-refractivity contribution in [3.05, 3.63) is 90.3 Å². The maximum atomic E-state index is 12.4. The Bertz CT molecular complexity index is 995. The third kappa shape index (κ3) is 6.57. The molecule has 31 heavy (non-hydrogen) atoms. The van der Waals surface area contributed by atoms with Crippen molar-refractivity contribution in [2.75, 3.05) is 23.8 Å². The summed E-state index contributed by atoms with van der Waals surface area (Å²) in [5, 5.41) is 8.49. The van der Waals surface area contributed by atoms with E-state index in [2.05, 4.69) is 25.8 Å². The number of carbonyl (C=O) groups excluding carboxylic acids is 2. The molecule has 0 saturated heterocycles. The summed E-state index contributed by atoms with van der Waals surface area (Å²) in [6, 6.07) is 22.2. The number of nitrogens with zero attached hydrogens (tertiary/aromatic N) is 2. The van der Waals surface area contributed by atoms with E-state index in [9.17, 15) is 9.59 Å². The van der Waals surface area contributed by atoms with Gasteiger partial charge in [0.2, 0.25) is 0 Å². The first-order chi connectivity index (χ1) is 15.0. The van der Waals surface area contributed by atoms with Crippen LogP contribution in [-0.4, -0.2) is 36.6 Å². The minimum absolute atomic E-state index is 0.108. The number of hydrogen-bond acceptors (Lipinski definition) is 4. The third-order valence-electron chi connectivity index (χ3n) is 4.92. The van der Waals surface area contributed by atoms with Crippen molar-refractivity contribution in [1.82, 2.24) is 15.6 Å². The second kappa shape index (κ2) is 10.8. The van der Waals surface area contributed by atoms with E-state index in [0.717, 1.165) is 11.4 Å². The molecule has 0 aliphatic heterocycles. The molecule has 1 unspecified atom stereocenters. The fraction of sp³-hybridized carbons (Fsp3) is 0.208. The number of urea groups is 1. The van der Waals surface area contributed by atoms with Crippen LogP contribution in [0.3, 0.4) is 0 Å². The molecule has 1 atom stereocenters. The highest BCUT2D eigenvalue weighted by molar-refractivity contribution is 5.96. The SMILES string of the molecule is CC(CNC(=O)Nc1cccc(C(=O)NCc2ccccn2)c1)N(C)c1ccccc1. The molecule has 2 aromatic carbocycles. The average Bonchev–Trinajstić information content (AvgIpc) is 2.82. The van der Waals surface area contributed by atoms with Gasteiger partial charge in [-0.3, -0.25) is 9.78 Å². The lowest BCUT2D eigenvalue weighted by atomic mass is 10.2. The lowest BCUT2D eigenvalue weighted by molar-refractivity contribution is 0.0950. The molecular weight excluding hydrogens is 390 g/mol. The molecule has 0 saturated carbocycles. The fourth-order valence-electron chi connectivity index (χ4n) is 2.98. The standard InChI is InChI=1S/C24H27N5O2/c1-18(29(2)22-12-4-3-5-13-22)16-27-24(31)28-20-11-8-9-19(15-20)23(30)26-17-21-10-6-7-14-25-21/h3-15,18H,16-17H2,1-2H3,(H,26,30)(H2,27,28,31). The van der Waals surface area contributed by atoms with Crippen molar-refractivity contribution in [3.8, 4) is 0 Å². The maximum Gasteiger partial charge on any atom is 0.319 e. The minimum Gasteiger partial charge on any atom is -0.370 e. The highest BCUT2D eigenvalue weighted by atomic mass is 16.2. The molecule has 7 heteroatoms. The van der Waals surface area contributed by atoms with Crippen molar-refractivity contribution in [2.24, 2.45) is 0 Å². The Morgan fingerprint density at radius 2 is 1.74 bits per heavy atom. The van der Waals surface area contributed by atoms with Crippen LogP contribution in [0.4, 0.5) is 16.2 Å². The van der Waals surface area contributed by atoms with Crippen LogP contribution in [-0.2, 0) is 6.54 Å². The van der Waals surface area contributed by atoms with Crippen LogP contribution >= 0.6 is 0 Å². The second-order valence-electron chi connectivity index (χ2n) is 7.22. The Kier molecular flexibility index (Phi) is 7.59. The number of amides is 3. The zero-order valence-corrected chi connectivity index (χ0v) is 17.7. The van der Waals surface area contributed by atoms with Crippen molar-refractivity contribution in [1.29, 1.82) is 0 Å². The molecule has 0 bridgehead atoms. The van der Waals surface area contributed by atoms with Gasteiger partial charge in [-0.1, -0.05) is 30.3 Å². The Hall–Kier alpha value is -3.87. The van der Waals surface area contributed by atoms with E-state index in [4.69, 9.17) is 0 Å². The van der Waals surface area contributed by atoms with E-state index in [0.29, 0.717) is 24.3 Å². The Morgan fingerprint density at radius 1 is 0.968 bits per heavy atom. The van der Waals surface area contributed by atoms with Crippen LogP contribution in [0, 0.1) is 0 Å². The van der Waals surface area contributed by atoms with Gasteiger partial charge >= 0.3 is 6.03 Å². The summed E-state index contributed by atoms with van der Waals surface area (Å²) in [7, 11) is 1.99. The number of pyridine rings is 1. The smallest absolute Gasteiger partial charge is 0.319 e. The number of benzene rings is 2. The van der Waals surface area contributed by atoms with Crippen molar-refractivity contribution in [3.63, 3.8) is 0 Å². The number of anilines is 2. The Morgan fingerprint density at radius 3 is 2.48 bits per heavy atom. The minimum atomic E-state index is -0.320. The van der Waals surface area contributed by atoms with Gasteiger partial charge in [-0.2, -0.15) is 0 Å². The molecule has 0 aliphatic carbocycles. The molecular formula is C24H27N5O2. The summed E-state index contributed by atoms with van der Waals surface area (Å²) in [6.45, 7) is 2.85. The van der Waals surface area contributed by atoms with E-state index in [1.165, 1.54) is 0 Å². The van der Waals surface area contributed by atoms with Crippen LogP contribution < -0.4 is 20.9 Å². The molecule has 3 N–H and O–H groups in total. The Labute approximate surface area is 182 Å². The van der Waals surface area contributed by atoms with Gasteiger partial charge in [0.1, 0.15) is 0 Å². The van der Waals surface area contributed by atoms with Gasteiger partial charge in [-0.15, -0.1) is 0 Å². The number of carbonyl (C=O) groups is 2. The number of hydrogen-bond donors (Lipinski definition) is 3. The molecule has 160 valence electrons. The molecule has 0 aliphatic rings. The normalized spacial score (nSPS) is 11.3. The fourth-order valence-corrected chi connectivity index (χ4v) is 2.98. The third-order valence-corrected chi connectivity index (χ3v) is 4.92. The molecule has 3 rings (SSSR count). The summed E-state index contributed by atoms with van der Waals surface area (Å²) in [5.74, 6) is -0.229. The van der Waals surface area contributed by atoms with Gasteiger partial charge in [-0.05, 0) is 49.4 Å². The van der Waals surface area contributed by atoms with Crippen molar-refractivity contribution in [2.45, 2.75) is 19.5 Å². The summed E-state index contributed by atoms with van der Waals surface area (Å²) in [5.41, 5.74) is 2.87. The Balaban J connectivity index is 1.49. The van der Waals surface area contributed by atoms with Crippen LogP contribution in [0.1, 0.15) is 23.0 Å². The number of likely N-dealkylation sites (N-methyl/N-ethyl adjacent to an activating group) is 1. The number of rotatable bonds is 8. The number of para-hydroxylation sites is 1. The zero-order chi connectivity index (χ0) is 22.1. The predicted molar refractivity (Wildman–Crippen MR) is 123 cm³/mol. The zero-order valence-electron chi connectivity index (χ0n) is 17.7. The van der Waals surface area contributed by atoms with Crippen molar-refractivity contribution < 1.29 is 9.59 Å². The van der Waals surface area contributed by atoms with Gasteiger partial charge in [0, 0.05) is 42.8 Å². The first-order valence-electron chi connectivity index (χ1n) is 10.1. The molecule has 0 fully saturated rings. The first kappa shape index (κ1) is 21.8. The monoisotopic (exact) mass is 417 g/mol. The molecule has 3 amide bonds. The van der Waals surface area contributed by atoms with Crippen LogP contribution in [0.25, 0.3) is 0 Å². The molecule has 0 spiro atoms. The first-order valence-corrected chi connectivity index (χ1v) is 10.1. The van der Waals surface area contributed by atoms with E-state index >= 15 is 0 Å². The van der Waals surface area contributed by atoms with Gasteiger partial charge in [-0.25, -0.2) is 4.79 Å². The van der Waals surface area contributed by atoms with Gasteiger partial charge in [0.15, 0.2) is 0 Å². The maximum absolute atomic E-state index is 12.4. The molecule has 3 aromatic rings. The van der Waals surface area contributed by atoms with E-state index in [1.807, 2.05) is 62.5 Å². The number of aromatic nitrogens is 1. The summed E-state index contributed by atoms with van der Waals surface area (Å²) in [4.78, 5) is 31.0. The van der Waals surface area contributed by atoms with Gasteiger partial charge in [0.05, 0.1) is 12.2 Å². The van der Waals surface area contributed by atoms with Crippen LogP contribution in [0.5, 0.6) is 0 Å². The highest BCUT2D eigenvalue weighted by Gasteiger charge is 2.12. The van der Waals surface area contributed by atoms with Gasteiger partial charge < -0.3 is 20.9 Å². The lowest BCUT2D eigenvalue weighted by Gasteiger charge is -2.27. The van der Waals surface area contributed by atoms with Gasteiger partial charge in [0.25, 0.3) is 5.91 Å². The molecule has 7 nitrogen and oxygen atoms in total. The molecule has 0 radical (unpaired) electrons. The summed E-state index contributed by atoms with van der Waals surface area (Å²) < 4.78 is 0. The largest absolute Gasteiger partial charge is 0.370 e. The summed E-state index contributed by atoms with van der Waals surface area (Å²) in [6.07, 6.45) is 1.68. The highest BCUT2D eigenvalue weighted by Crippen LogP contribution is 2.14. The molecule has 1 aromatic heterocycles. The van der Waals surface area contributed by atoms with E-state index in [-0.39, 0.29) is 18.0 Å². The lowest BCUT2D eigenvalue weighted by Crippen LogP contribution is -2.41. The van der Waals surface area contributed by atoms with Crippen molar-refractivity contribution >= 4 is 23.3 Å². The van der Waals surface area contributed by atoms with E-state index in [1.54, 1.807) is 30.5 Å². The average molecular weight is 418 g/mol. The quantitative estimate of drug-likeness (QED) is 0.522. The summed E-state index contributed by atoms with van der Waals surface area (Å²) >= 11 is 0.